The largest absolute Gasteiger partial charge is 0.462 e. The summed E-state index contributed by atoms with van der Waals surface area (Å²) in [4.78, 5) is 24.3. The molecule has 2 aliphatic carbocycles. The van der Waals surface area contributed by atoms with E-state index in [1.807, 2.05) is 6.92 Å². The van der Waals surface area contributed by atoms with E-state index >= 15 is 0 Å². The Morgan fingerprint density at radius 3 is 2.86 bits per heavy atom. The lowest BCUT2D eigenvalue weighted by Gasteiger charge is -2.59. The molecule has 158 valence electrons. The van der Waals surface area contributed by atoms with E-state index in [0.29, 0.717) is 18.5 Å². The van der Waals surface area contributed by atoms with Gasteiger partial charge in [0, 0.05) is 17.0 Å². The minimum Gasteiger partial charge on any atom is -0.462 e. The number of halogens is 1. The normalized spacial score (nSPS) is 38.6. The first kappa shape index (κ1) is 20.1. The maximum absolute atomic E-state index is 13.4. The Hall–Kier alpha value is -2.15. The van der Waals surface area contributed by atoms with Gasteiger partial charge in [-0.2, -0.15) is 0 Å². The fourth-order valence-corrected chi connectivity index (χ4v) is 6.13. The first-order valence-corrected chi connectivity index (χ1v) is 10.3. The van der Waals surface area contributed by atoms with Crippen molar-refractivity contribution in [2.45, 2.75) is 58.2 Å². The van der Waals surface area contributed by atoms with Gasteiger partial charge >= 0.3 is 12.1 Å². The van der Waals surface area contributed by atoms with Crippen LogP contribution in [0.5, 0.6) is 0 Å². The summed E-state index contributed by atoms with van der Waals surface area (Å²) >= 11 is 0. The average molecular weight is 405 g/mol. The van der Waals surface area contributed by atoms with E-state index in [9.17, 15) is 19.1 Å². The Kier molecular flexibility index (Phi) is 5.05. The number of rotatable bonds is 3. The SMILES string of the molecule is CC1(CO)C(OC(=O)Nc2cccc(F)c2)CCC2(C)C3CC(=O)OC3CCC12. The van der Waals surface area contributed by atoms with Gasteiger partial charge in [-0.25, -0.2) is 9.18 Å². The molecule has 2 N–H and O–H groups in total. The third-order valence-corrected chi connectivity index (χ3v) is 7.64. The molecule has 4 rings (SSSR count). The summed E-state index contributed by atoms with van der Waals surface area (Å²) in [7, 11) is 0. The van der Waals surface area contributed by atoms with E-state index in [0.717, 1.165) is 19.3 Å². The number of ether oxygens (including phenoxy) is 2. The van der Waals surface area contributed by atoms with Crippen molar-refractivity contribution in [3.8, 4) is 0 Å². The summed E-state index contributed by atoms with van der Waals surface area (Å²) in [5.74, 6) is -0.333. The Bertz CT molecular complexity index is 816. The molecule has 3 fully saturated rings. The predicted molar refractivity (Wildman–Crippen MR) is 104 cm³/mol. The quantitative estimate of drug-likeness (QED) is 0.746. The maximum atomic E-state index is 13.4. The number of benzene rings is 1. The predicted octanol–water partition coefficient (Wildman–Crippen LogP) is 3.88. The molecular formula is C22H28FNO5. The number of anilines is 1. The number of aliphatic hydroxyl groups is 1. The van der Waals surface area contributed by atoms with Gasteiger partial charge in [0.25, 0.3) is 0 Å². The van der Waals surface area contributed by atoms with Gasteiger partial charge in [0.05, 0.1) is 13.0 Å². The van der Waals surface area contributed by atoms with E-state index in [1.165, 1.54) is 18.2 Å². The smallest absolute Gasteiger partial charge is 0.411 e. The van der Waals surface area contributed by atoms with Crippen LogP contribution in [-0.4, -0.2) is 36.0 Å². The van der Waals surface area contributed by atoms with Crippen LogP contribution in [0.15, 0.2) is 24.3 Å². The van der Waals surface area contributed by atoms with Gasteiger partial charge in [-0.15, -0.1) is 0 Å². The minimum atomic E-state index is -0.656. The first-order chi connectivity index (χ1) is 13.8. The zero-order valence-electron chi connectivity index (χ0n) is 16.8. The highest BCUT2D eigenvalue weighted by Crippen LogP contribution is 2.62. The van der Waals surface area contributed by atoms with Crippen molar-refractivity contribution in [2.24, 2.45) is 22.7 Å². The van der Waals surface area contributed by atoms with Crippen LogP contribution in [0.4, 0.5) is 14.9 Å². The topological polar surface area (TPSA) is 84.9 Å². The molecule has 1 aliphatic heterocycles. The number of hydrogen-bond acceptors (Lipinski definition) is 5. The molecule has 6 atom stereocenters. The monoisotopic (exact) mass is 405 g/mol. The lowest BCUT2D eigenvalue weighted by Crippen LogP contribution is -2.59. The van der Waals surface area contributed by atoms with Gasteiger partial charge in [0.2, 0.25) is 0 Å². The van der Waals surface area contributed by atoms with E-state index in [-0.39, 0.29) is 35.9 Å². The van der Waals surface area contributed by atoms with Gasteiger partial charge in [-0.3, -0.25) is 10.1 Å². The van der Waals surface area contributed by atoms with E-state index in [1.54, 1.807) is 6.07 Å². The van der Waals surface area contributed by atoms with Crippen LogP contribution in [0, 0.1) is 28.5 Å². The molecule has 7 heteroatoms. The van der Waals surface area contributed by atoms with Crippen molar-refractivity contribution in [3.63, 3.8) is 0 Å². The lowest BCUT2D eigenvalue weighted by molar-refractivity contribution is -0.174. The molecular weight excluding hydrogens is 377 g/mol. The molecule has 6 unspecified atom stereocenters. The number of esters is 1. The fourth-order valence-electron chi connectivity index (χ4n) is 6.13. The van der Waals surface area contributed by atoms with Crippen molar-refractivity contribution in [1.82, 2.24) is 0 Å². The molecule has 1 amide bonds. The highest BCUT2D eigenvalue weighted by molar-refractivity contribution is 5.84. The van der Waals surface area contributed by atoms with Gasteiger partial charge in [-0.1, -0.05) is 19.9 Å². The lowest BCUT2D eigenvalue weighted by atomic mass is 9.46. The third kappa shape index (κ3) is 3.39. The molecule has 6 nitrogen and oxygen atoms in total. The van der Waals surface area contributed by atoms with Crippen LogP contribution in [0.1, 0.15) is 46.0 Å². The van der Waals surface area contributed by atoms with Crippen LogP contribution in [0.2, 0.25) is 0 Å². The van der Waals surface area contributed by atoms with Crippen LogP contribution in [0.3, 0.4) is 0 Å². The van der Waals surface area contributed by atoms with E-state index in [2.05, 4.69) is 12.2 Å². The molecule has 1 aromatic carbocycles. The second-order valence-corrected chi connectivity index (χ2v) is 9.21. The van der Waals surface area contributed by atoms with E-state index < -0.39 is 23.4 Å². The number of carbonyl (C=O) groups is 2. The molecule has 1 saturated heterocycles. The zero-order valence-corrected chi connectivity index (χ0v) is 16.8. The fraction of sp³-hybridized carbons (Fsp3) is 0.636. The minimum absolute atomic E-state index is 0.0413. The molecule has 29 heavy (non-hydrogen) atoms. The van der Waals surface area contributed by atoms with Crippen LogP contribution >= 0.6 is 0 Å². The molecule has 0 bridgehead atoms. The van der Waals surface area contributed by atoms with Crippen molar-refractivity contribution >= 4 is 17.7 Å². The number of aliphatic hydroxyl groups excluding tert-OH is 1. The summed E-state index contributed by atoms with van der Waals surface area (Å²) in [5, 5.41) is 12.9. The van der Waals surface area contributed by atoms with Crippen molar-refractivity contribution in [1.29, 1.82) is 0 Å². The molecule has 1 heterocycles. The van der Waals surface area contributed by atoms with Gasteiger partial charge in [-0.05, 0) is 55.2 Å². The molecule has 2 saturated carbocycles. The zero-order chi connectivity index (χ0) is 20.8. The first-order valence-electron chi connectivity index (χ1n) is 10.3. The highest BCUT2D eigenvalue weighted by atomic mass is 19.1. The second-order valence-electron chi connectivity index (χ2n) is 9.21. The summed E-state index contributed by atoms with van der Waals surface area (Å²) in [6, 6.07) is 5.63. The number of amides is 1. The Balaban J connectivity index is 1.51. The summed E-state index contributed by atoms with van der Waals surface area (Å²) < 4.78 is 24.6. The van der Waals surface area contributed by atoms with Crippen molar-refractivity contribution in [2.75, 3.05) is 11.9 Å². The van der Waals surface area contributed by atoms with Crippen molar-refractivity contribution < 1.29 is 28.6 Å². The van der Waals surface area contributed by atoms with E-state index in [4.69, 9.17) is 9.47 Å². The van der Waals surface area contributed by atoms with Gasteiger partial charge < -0.3 is 14.6 Å². The van der Waals surface area contributed by atoms with Crippen LogP contribution in [0.25, 0.3) is 0 Å². The summed E-state index contributed by atoms with van der Waals surface area (Å²) in [6.07, 6.45) is 2.24. The van der Waals surface area contributed by atoms with Gasteiger partial charge in [0.15, 0.2) is 0 Å². The number of nitrogens with one attached hydrogen (secondary N) is 1. The molecule has 1 aromatic rings. The second kappa shape index (κ2) is 7.27. The van der Waals surface area contributed by atoms with Gasteiger partial charge in [0.1, 0.15) is 18.0 Å². The average Bonchev–Trinajstić information content (AvgIpc) is 3.06. The van der Waals surface area contributed by atoms with Crippen LogP contribution < -0.4 is 5.32 Å². The number of carbonyl (C=O) groups excluding carboxylic acids is 2. The summed E-state index contributed by atoms with van der Waals surface area (Å²) in [5.41, 5.74) is -0.447. The maximum Gasteiger partial charge on any atom is 0.411 e. The number of hydrogen-bond donors (Lipinski definition) is 2. The molecule has 0 radical (unpaired) electrons. The summed E-state index contributed by atoms with van der Waals surface area (Å²) in [6.45, 7) is 4.04. The highest BCUT2D eigenvalue weighted by Gasteiger charge is 2.62. The Labute approximate surface area is 169 Å². The number of fused-ring (bicyclic) bond motifs is 3. The molecule has 3 aliphatic rings. The standard InChI is InChI=1S/C22H28FNO5/c1-21-9-8-18(29-20(27)24-14-5-3-4-13(23)10-14)22(2,12-25)17(21)7-6-16-15(21)11-19(26)28-16/h3-5,10,15-18,25H,6-9,11-12H2,1-2H3,(H,24,27). The molecule has 0 aromatic heterocycles. The van der Waals surface area contributed by atoms with Crippen molar-refractivity contribution in [3.05, 3.63) is 30.1 Å². The Morgan fingerprint density at radius 2 is 2.14 bits per heavy atom. The Morgan fingerprint density at radius 1 is 1.34 bits per heavy atom. The third-order valence-electron chi connectivity index (χ3n) is 7.64. The van der Waals surface area contributed by atoms with Crippen LogP contribution in [-0.2, 0) is 14.3 Å². The molecule has 0 spiro atoms.